The molecule has 2 aliphatic rings. The quantitative estimate of drug-likeness (QED) is 0.444. The molecule has 1 spiro atoms. The fourth-order valence-electron chi connectivity index (χ4n) is 3.66. The Hall–Kier alpha value is 0.350. The second-order valence-corrected chi connectivity index (χ2v) is 11.8. The van der Waals surface area contributed by atoms with Crippen molar-refractivity contribution in [3.8, 4) is 0 Å². The minimum absolute atomic E-state index is 0.365. The maximum absolute atomic E-state index is 5.99. The van der Waals surface area contributed by atoms with Gasteiger partial charge in [0.05, 0.1) is 0 Å². The van der Waals surface area contributed by atoms with Gasteiger partial charge in [0, 0.05) is 0 Å². The molecule has 0 aromatic carbocycles. The van der Waals surface area contributed by atoms with Crippen LogP contribution in [0, 0.1) is 5.92 Å². The van der Waals surface area contributed by atoms with Gasteiger partial charge in [0.2, 0.25) is 0 Å². The molecule has 3 heteroatoms. The Morgan fingerprint density at radius 3 is 1.62 bits per heavy atom. The number of hydroxylamine groups is 1. The molecule has 0 saturated carbocycles. The summed E-state index contributed by atoms with van der Waals surface area (Å²) in [6.45, 7) is 12.2. The van der Waals surface area contributed by atoms with Crippen molar-refractivity contribution in [1.29, 1.82) is 0 Å². The van der Waals surface area contributed by atoms with E-state index in [0.717, 1.165) is 5.92 Å². The van der Waals surface area contributed by atoms with Gasteiger partial charge in [0.15, 0.2) is 0 Å². The predicted octanol–water partition coefficient (Wildman–Crippen LogP) is 3.08. The van der Waals surface area contributed by atoms with Gasteiger partial charge in [-0.3, -0.25) is 0 Å². The summed E-state index contributed by atoms with van der Waals surface area (Å²) in [4.78, 5) is 2.17. The summed E-state index contributed by atoms with van der Waals surface area (Å²) >= 11 is 0. The second-order valence-electron chi connectivity index (χ2n) is 5.98. The number of hydrogen-bond acceptors (Lipinski definition) is 2. The molecule has 1 atom stereocenters. The molecule has 78 valence electrons. The third-order valence-corrected chi connectivity index (χ3v) is 14.0. The Bertz CT molecular complexity index is 269. The molecular formula is C10H22NOP. The minimum atomic E-state index is -1.96. The van der Waals surface area contributed by atoms with E-state index >= 15 is 0 Å². The first-order chi connectivity index (χ1) is 5.61. The second kappa shape index (κ2) is 1.85. The van der Waals surface area contributed by atoms with Crippen LogP contribution in [0.5, 0.6) is 0 Å². The van der Waals surface area contributed by atoms with Crippen LogP contribution in [0.15, 0.2) is 0 Å². The Balaban J connectivity index is 2.52. The molecule has 2 saturated heterocycles. The van der Waals surface area contributed by atoms with Gasteiger partial charge in [-0.1, -0.05) is 0 Å². The van der Waals surface area contributed by atoms with Gasteiger partial charge in [-0.25, -0.2) is 0 Å². The van der Waals surface area contributed by atoms with Crippen molar-refractivity contribution in [2.24, 2.45) is 5.92 Å². The zero-order chi connectivity index (χ0) is 10.3. The van der Waals surface area contributed by atoms with Crippen molar-refractivity contribution in [3.05, 3.63) is 0 Å². The fraction of sp³-hybridized carbons (Fsp3) is 1.00. The molecule has 2 aliphatic heterocycles. The first-order valence-corrected chi connectivity index (χ1v) is 7.62. The van der Waals surface area contributed by atoms with Crippen LogP contribution in [-0.2, 0) is 4.62 Å². The molecule has 13 heavy (non-hydrogen) atoms. The molecule has 0 aromatic rings. The third-order valence-electron chi connectivity index (χ3n) is 5.81. The Labute approximate surface area is 81.7 Å². The van der Waals surface area contributed by atoms with Crippen molar-refractivity contribution >= 4 is 6.98 Å². The van der Waals surface area contributed by atoms with Gasteiger partial charge in [0.25, 0.3) is 0 Å². The Kier molecular flexibility index (Phi) is 1.40. The molecular weight excluding hydrogens is 181 g/mol. The molecule has 0 aromatic heterocycles. The van der Waals surface area contributed by atoms with E-state index in [4.69, 9.17) is 4.62 Å². The first kappa shape index (κ1) is 9.89. The first-order valence-electron chi connectivity index (χ1n) is 5.06. The summed E-state index contributed by atoms with van der Waals surface area (Å²) in [7, 11) is 2.10. The fourth-order valence-corrected chi connectivity index (χ4v) is 10.3. The summed E-state index contributed by atoms with van der Waals surface area (Å²) in [5.41, 5.74) is 0. The zero-order valence-electron chi connectivity index (χ0n) is 9.88. The van der Waals surface area contributed by atoms with Crippen molar-refractivity contribution in [2.45, 2.75) is 44.9 Å². The number of nitrogens with zero attached hydrogens (tertiary/aromatic N) is 1. The van der Waals surface area contributed by atoms with Gasteiger partial charge in [-0.05, 0) is 0 Å². The molecule has 2 fully saturated rings. The molecule has 0 amide bonds. The molecule has 0 radical (unpaired) electrons. The van der Waals surface area contributed by atoms with E-state index in [9.17, 15) is 0 Å². The average Bonchev–Trinajstić information content (AvgIpc) is 2.57. The van der Waals surface area contributed by atoms with Gasteiger partial charge in [-0.15, -0.1) is 0 Å². The molecule has 0 N–H and O–H groups in total. The number of rotatable bonds is 0. The average molecular weight is 203 g/mol. The van der Waals surface area contributed by atoms with E-state index in [-0.39, 0.29) is 0 Å². The molecule has 2 rings (SSSR count). The standard InChI is InChI=1S/C10H22NOP/c1-8-9(2,3)13(7,10(8,4)5)11(6)12-13/h8H,1-7H3. The number of hydrogen-bond donors (Lipinski definition) is 0. The SMILES string of the molecule is CC1C(C)(C)P2(C)(ON2C)C1(C)C. The summed E-state index contributed by atoms with van der Waals surface area (Å²) < 4.78 is 5.99. The van der Waals surface area contributed by atoms with Crippen LogP contribution in [-0.4, -0.2) is 28.9 Å². The van der Waals surface area contributed by atoms with E-state index in [2.05, 4.69) is 53.2 Å². The Morgan fingerprint density at radius 2 is 1.46 bits per heavy atom. The van der Waals surface area contributed by atoms with Crippen LogP contribution < -0.4 is 0 Å². The summed E-state index contributed by atoms with van der Waals surface area (Å²) in [6.07, 6.45) is 0. The van der Waals surface area contributed by atoms with Gasteiger partial charge >= 0.3 is 81.0 Å². The third kappa shape index (κ3) is 0.566. The molecule has 0 bridgehead atoms. The summed E-state index contributed by atoms with van der Waals surface area (Å²) in [6, 6.07) is 0. The maximum atomic E-state index is 5.99. The molecule has 2 nitrogen and oxygen atoms in total. The molecule has 0 aliphatic carbocycles. The van der Waals surface area contributed by atoms with Crippen LogP contribution in [0.2, 0.25) is 0 Å². The zero-order valence-corrected chi connectivity index (χ0v) is 10.8. The van der Waals surface area contributed by atoms with Crippen LogP contribution >= 0.6 is 6.98 Å². The van der Waals surface area contributed by atoms with Crippen LogP contribution in [0.4, 0.5) is 0 Å². The monoisotopic (exact) mass is 203 g/mol. The van der Waals surface area contributed by atoms with Crippen molar-refractivity contribution in [2.75, 3.05) is 13.7 Å². The summed E-state index contributed by atoms with van der Waals surface area (Å²) in [5.74, 6) is 0.743. The van der Waals surface area contributed by atoms with Crippen molar-refractivity contribution < 1.29 is 4.62 Å². The van der Waals surface area contributed by atoms with Gasteiger partial charge in [-0.2, -0.15) is 0 Å². The normalized spacial score (nSPS) is 46.1. The van der Waals surface area contributed by atoms with Crippen LogP contribution in [0.3, 0.4) is 0 Å². The van der Waals surface area contributed by atoms with E-state index in [1.165, 1.54) is 0 Å². The molecule has 2 heterocycles. The van der Waals surface area contributed by atoms with Gasteiger partial charge < -0.3 is 0 Å². The Morgan fingerprint density at radius 1 is 1.15 bits per heavy atom. The molecule has 1 unspecified atom stereocenters. The van der Waals surface area contributed by atoms with Crippen LogP contribution in [0.1, 0.15) is 34.6 Å². The predicted molar refractivity (Wildman–Crippen MR) is 59.0 cm³/mol. The van der Waals surface area contributed by atoms with E-state index in [0.29, 0.717) is 10.3 Å². The van der Waals surface area contributed by atoms with Crippen molar-refractivity contribution in [1.82, 2.24) is 4.83 Å². The van der Waals surface area contributed by atoms with E-state index in [1.807, 2.05) is 0 Å². The van der Waals surface area contributed by atoms with Gasteiger partial charge in [0.1, 0.15) is 0 Å². The topological polar surface area (TPSA) is 15.5 Å². The van der Waals surface area contributed by atoms with Crippen LogP contribution in [0.25, 0.3) is 0 Å². The van der Waals surface area contributed by atoms with E-state index < -0.39 is 6.98 Å². The van der Waals surface area contributed by atoms with E-state index in [1.54, 1.807) is 0 Å². The van der Waals surface area contributed by atoms with Crippen molar-refractivity contribution in [3.63, 3.8) is 0 Å². The summed E-state index contributed by atoms with van der Waals surface area (Å²) in [5, 5.41) is 0.730.